The summed E-state index contributed by atoms with van der Waals surface area (Å²) in [6.07, 6.45) is 0.464. The summed E-state index contributed by atoms with van der Waals surface area (Å²) in [6.45, 7) is 3.95. The van der Waals surface area contributed by atoms with Crippen LogP contribution >= 0.6 is 35.3 Å². The first-order chi connectivity index (χ1) is 12.6. The Morgan fingerprint density at radius 1 is 1.30 bits per heavy atom. The molecule has 0 radical (unpaired) electrons. The zero-order chi connectivity index (χ0) is 18.8. The molecule has 0 aliphatic carbocycles. The molecule has 152 valence electrons. The van der Waals surface area contributed by atoms with E-state index < -0.39 is 6.10 Å². The van der Waals surface area contributed by atoms with Gasteiger partial charge in [-0.3, -0.25) is 4.99 Å². The molecule has 6 nitrogen and oxygen atoms in total. The number of hydrogen-bond donors (Lipinski definition) is 3. The molecule has 2 aromatic rings. The highest BCUT2D eigenvalue weighted by Crippen LogP contribution is 2.29. The van der Waals surface area contributed by atoms with Crippen molar-refractivity contribution in [2.24, 2.45) is 4.99 Å². The van der Waals surface area contributed by atoms with Gasteiger partial charge in [-0.1, -0.05) is 18.2 Å². The van der Waals surface area contributed by atoms with Crippen LogP contribution in [0.3, 0.4) is 0 Å². The highest BCUT2D eigenvalue weighted by atomic mass is 127. The van der Waals surface area contributed by atoms with E-state index in [1.807, 2.05) is 12.1 Å². The van der Waals surface area contributed by atoms with E-state index >= 15 is 0 Å². The second-order valence-corrected chi connectivity index (χ2v) is 7.35. The number of guanidine groups is 1. The van der Waals surface area contributed by atoms with Gasteiger partial charge in [0.05, 0.1) is 6.61 Å². The van der Waals surface area contributed by atoms with Gasteiger partial charge in [0.25, 0.3) is 0 Å². The molecular weight excluding hydrogens is 475 g/mol. The van der Waals surface area contributed by atoms with Crippen LogP contribution in [0.4, 0.5) is 0 Å². The molecule has 0 amide bonds. The Morgan fingerprint density at radius 3 is 2.78 bits per heavy atom. The second kappa shape index (κ2) is 13.3. The van der Waals surface area contributed by atoms with Crippen molar-refractivity contribution in [1.82, 2.24) is 15.5 Å². The number of likely N-dealkylation sites (N-methyl/N-ethyl adjacent to an activating group) is 1. The minimum Gasteiger partial charge on any atom is -0.386 e. The van der Waals surface area contributed by atoms with Crippen LogP contribution in [0, 0.1) is 0 Å². The van der Waals surface area contributed by atoms with Gasteiger partial charge in [0, 0.05) is 43.4 Å². The van der Waals surface area contributed by atoms with Gasteiger partial charge < -0.3 is 25.4 Å². The minimum absolute atomic E-state index is 0. The SMILES string of the molecule is CN=C(NCCCN(C)CCOC)NCC(O)c1cc2ccccc2s1.I. The lowest BCUT2D eigenvalue weighted by Gasteiger charge is -2.17. The van der Waals surface area contributed by atoms with Crippen molar-refractivity contribution < 1.29 is 9.84 Å². The molecule has 2 rings (SSSR count). The van der Waals surface area contributed by atoms with Crippen molar-refractivity contribution >= 4 is 51.4 Å². The Hall–Kier alpha value is -0.940. The van der Waals surface area contributed by atoms with Crippen LogP contribution in [0.1, 0.15) is 17.4 Å². The van der Waals surface area contributed by atoms with Gasteiger partial charge in [0.2, 0.25) is 0 Å². The van der Waals surface area contributed by atoms with Crippen LogP contribution in [-0.2, 0) is 4.74 Å². The highest BCUT2D eigenvalue weighted by molar-refractivity contribution is 14.0. The first-order valence-electron chi connectivity index (χ1n) is 8.92. The topological polar surface area (TPSA) is 69.1 Å². The van der Waals surface area contributed by atoms with Crippen LogP contribution in [0.25, 0.3) is 10.1 Å². The maximum atomic E-state index is 10.4. The lowest BCUT2D eigenvalue weighted by atomic mass is 10.2. The van der Waals surface area contributed by atoms with E-state index in [0.29, 0.717) is 12.5 Å². The third kappa shape index (κ3) is 8.30. The standard InChI is InChI=1S/C19H30N4O2S.HI/c1-20-19(21-9-6-10-23(2)11-12-25-3)22-14-16(24)18-13-15-7-4-5-8-17(15)26-18;/h4-5,7-8,13,16,24H,6,9-12,14H2,1-3H3,(H2,20,21,22);1H. The second-order valence-electron chi connectivity index (χ2n) is 6.23. The number of halogens is 1. The maximum Gasteiger partial charge on any atom is 0.191 e. The molecule has 0 fully saturated rings. The summed E-state index contributed by atoms with van der Waals surface area (Å²) in [5.41, 5.74) is 0. The molecule has 1 atom stereocenters. The van der Waals surface area contributed by atoms with Gasteiger partial charge in [-0.2, -0.15) is 0 Å². The molecule has 0 aliphatic rings. The lowest BCUT2D eigenvalue weighted by Crippen LogP contribution is -2.40. The molecular formula is C19H31IN4O2S. The molecule has 27 heavy (non-hydrogen) atoms. The predicted molar refractivity (Wildman–Crippen MR) is 126 cm³/mol. The average Bonchev–Trinajstić information content (AvgIpc) is 3.09. The number of nitrogens with one attached hydrogen (secondary N) is 2. The number of ether oxygens (including phenoxy) is 1. The van der Waals surface area contributed by atoms with E-state index in [0.717, 1.165) is 37.5 Å². The minimum atomic E-state index is -0.550. The van der Waals surface area contributed by atoms with Crippen molar-refractivity contribution in [2.45, 2.75) is 12.5 Å². The molecule has 0 saturated heterocycles. The summed E-state index contributed by atoms with van der Waals surface area (Å²) in [6, 6.07) is 10.2. The fourth-order valence-electron chi connectivity index (χ4n) is 2.60. The zero-order valence-electron chi connectivity index (χ0n) is 16.3. The molecule has 3 N–H and O–H groups in total. The number of methoxy groups -OCH3 is 1. The third-order valence-electron chi connectivity index (χ3n) is 4.15. The van der Waals surface area contributed by atoms with E-state index in [-0.39, 0.29) is 24.0 Å². The maximum absolute atomic E-state index is 10.4. The fraction of sp³-hybridized carbons (Fsp3) is 0.526. The summed E-state index contributed by atoms with van der Waals surface area (Å²) < 4.78 is 6.27. The highest BCUT2D eigenvalue weighted by Gasteiger charge is 2.12. The first-order valence-corrected chi connectivity index (χ1v) is 9.74. The van der Waals surface area contributed by atoms with Crippen LogP contribution in [0.5, 0.6) is 0 Å². The van der Waals surface area contributed by atoms with Gasteiger partial charge in [-0.15, -0.1) is 35.3 Å². The molecule has 8 heteroatoms. The number of aliphatic imine (C=N–C) groups is 1. The van der Waals surface area contributed by atoms with Gasteiger partial charge in [-0.05, 0) is 37.5 Å². The first kappa shape index (κ1) is 24.1. The van der Waals surface area contributed by atoms with Crippen molar-refractivity contribution in [3.05, 3.63) is 35.2 Å². The van der Waals surface area contributed by atoms with E-state index in [1.165, 1.54) is 10.1 Å². The molecule has 0 saturated carbocycles. The number of hydrogen-bond acceptors (Lipinski definition) is 5. The quantitative estimate of drug-likeness (QED) is 0.200. The van der Waals surface area contributed by atoms with Crippen molar-refractivity contribution in [2.75, 3.05) is 54.0 Å². The summed E-state index contributed by atoms with van der Waals surface area (Å²) in [4.78, 5) is 7.43. The van der Waals surface area contributed by atoms with Crippen LogP contribution < -0.4 is 10.6 Å². The molecule has 1 unspecified atom stereocenters. The van der Waals surface area contributed by atoms with E-state index in [9.17, 15) is 5.11 Å². The van der Waals surface area contributed by atoms with Gasteiger partial charge in [-0.25, -0.2) is 0 Å². The van der Waals surface area contributed by atoms with Crippen LogP contribution in [-0.4, -0.2) is 70.0 Å². The zero-order valence-corrected chi connectivity index (χ0v) is 19.4. The Labute approximate surface area is 183 Å². The molecule has 0 bridgehead atoms. The number of nitrogens with zero attached hydrogens (tertiary/aromatic N) is 2. The Bertz CT molecular complexity index is 662. The van der Waals surface area contributed by atoms with Crippen molar-refractivity contribution in [3.8, 4) is 0 Å². The Kier molecular flexibility index (Phi) is 11.8. The normalized spacial score (nSPS) is 12.9. The summed E-state index contributed by atoms with van der Waals surface area (Å²) in [5, 5.41) is 18.1. The monoisotopic (exact) mass is 506 g/mol. The summed E-state index contributed by atoms with van der Waals surface area (Å²) >= 11 is 1.63. The smallest absolute Gasteiger partial charge is 0.191 e. The van der Waals surface area contributed by atoms with E-state index in [2.05, 4.69) is 45.8 Å². The number of aliphatic hydroxyl groups excluding tert-OH is 1. The fourth-order valence-corrected chi connectivity index (χ4v) is 3.65. The van der Waals surface area contributed by atoms with E-state index in [4.69, 9.17) is 4.74 Å². The van der Waals surface area contributed by atoms with Gasteiger partial charge >= 0.3 is 0 Å². The molecule has 0 aliphatic heterocycles. The lowest BCUT2D eigenvalue weighted by molar-refractivity contribution is 0.161. The van der Waals surface area contributed by atoms with Crippen molar-refractivity contribution in [3.63, 3.8) is 0 Å². The number of benzene rings is 1. The predicted octanol–water partition coefficient (Wildman–Crippen LogP) is 2.69. The number of rotatable bonds is 10. The summed E-state index contributed by atoms with van der Waals surface area (Å²) in [7, 11) is 5.55. The van der Waals surface area contributed by atoms with Gasteiger partial charge in [0.15, 0.2) is 5.96 Å². The number of fused-ring (bicyclic) bond motifs is 1. The van der Waals surface area contributed by atoms with Crippen LogP contribution in [0.15, 0.2) is 35.3 Å². The third-order valence-corrected chi connectivity index (χ3v) is 5.36. The van der Waals surface area contributed by atoms with Gasteiger partial charge in [0.1, 0.15) is 6.10 Å². The Balaban J connectivity index is 0.00000364. The van der Waals surface area contributed by atoms with Crippen LogP contribution in [0.2, 0.25) is 0 Å². The number of thiophene rings is 1. The average molecular weight is 506 g/mol. The van der Waals surface area contributed by atoms with E-state index in [1.54, 1.807) is 25.5 Å². The molecule has 1 aromatic heterocycles. The molecule has 1 heterocycles. The largest absolute Gasteiger partial charge is 0.386 e. The molecule has 1 aromatic carbocycles. The Morgan fingerprint density at radius 2 is 2.07 bits per heavy atom. The van der Waals surface area contributed by atoms with Crippen molar-refractivity contribution in [1.29, 1.82) is 0 Å². The summed E-state index contributed by atoms with van der Waals surface area (Å²) in [5.74, 6) is 0.713. The molecule has 0 spiro atoms. The number of aliphatic hydroxyl groups is 1.